The number of H-pyrrole nitrogens is 1. The first-order valence-electron chi connectivity index (χ1n) is 5.64. The highest BCUT2D eigenvalue weighted by Crippen LogP contribution is 2.34. The largest absolute Gasteiger partial charge is 0.495 e. The van der Waals surface area contributed by atoms with Gasteiger partial charge in [-0.2, -0.15) is 5.10 Å². The van der Waals surface area contributed by atoms with Crippen molar-refractivity contribution in [2.45, 2.75) is 0 Å². The van der Waals surface area contributed by atoms with E-state index in [-0.39, 0.29) is 0 Å². The van der Waals surface area contributed by atoms with Crippen molar-refractivity contribution in [3.63, 3.8) is 0 Å². The lowest BCUT2D eigenvalue weighted by atomic mass is 10.1. The Morgan fingerprint density at radius 3 is 2.83 bits per heavy atom. The molecule has 0 saturated carbocycles. The molecule has 3 aromatic rings. The molecule has 2 aromatic heterocycles. The molecule has 0 amide bonds. The number of ether oxygens (including phenoxy) is 1. The zero-order valence-corrected chi connectivity index (χ0v) is 10.3. The van der Waals surface area contributed by atoms with Crippen molar-refractivity contribution >= 4 is 16.7 Å². The van der Waals surface area contributed by atoms with Crippen molar-refractivity contribution in [1.29, 1.82) is 0 Å². The maximum absolute atomic E-state index is 5.65. The van der Waals surface area contributed by atoms with Gasteiger partial charge in [-0.05, 0) is 18.2 Å². The lowest BCUT2D eigenvalue weighted by molar-refractivity contribution is 0.418. The second-order valence-corrected chi connectivity index (χ2v) is 4.21. The van der Waals surface area contributed by atoms with Crippen molar-refractivity contribution < 1.29 is 4.74 Å². The molecule has 5 heteroatoms. The number of aromatic nitrogens is 3. The van der Waals surface area contributed by atoms with Crippen LogP contribution in [-0.4, -0.2) is 21.9 Å². The molecule has 0 spiro atoms. The molecule has 92 valence electrons. The van der Waals surface area contributed by atoms with E-state index in [9.17, 15) is 0 Å². The van der Waals surface area contributed by atoms with E-state index in [0.717, 1.165) is 27.9 Å². The minimum absolute atomic E-state index is 0.491. The number of nitrogen functional groups attached to an aromatic ring is 1. The summed E-state index contributed by atoms with van der Waals surface area (Å²) in [4.78, 5) is 0. The minimum Gasteiger partial charge on any atom is -0.495 e. The van der Waals surface area contributed by atoms with Gasteiger partial charge in [0.1, 0.15) is 11.6 Å². The first-order chi connectivity index (χ1) is 8.70. The van der Waals surface area contributed by atoms with Gasteiger partial charge in [-0.1, -0.05) is 0 Å². The Kier molecular flexibility index (Phi) is 2.26. The van der Waals surface area contributed by atoms with Crippen molar-refractivity contribution in [1.82, 2.24) is 14.8 Å². The average Bonchev–Trinajstić information content (AvgIpc) is 2.96. The Bertz CT molecular complexity index is 711. The van der Waals surface area contributed by atoms with Gasteiger partial charge >= 0.3 is 0 Å². The lowest BCUT2D eigenvalue weighted by Gasteiger charge is -2.07. The van der Waals surface area contributed by atoms with Crippen LogP contribution in [0.25, 0.3) is 22.2 Å². The molecule has 18 heavy (non-hydrogen) atoms. The monoisotopic (exact) mass is 242 g/mol. The first-order valence-corrected chi connectivity index (χ1v) is 5.64. The molecular weight excluding hydrogens is 228 g/mol. The molecule has 0 atom stereocenters. The summed E-state index contributed by atoms with van der Waals surface area (Å²) in [5.74, 6) is 1.35. The molecular formula is C13H14N4O. The van der Waals surface area contributed by atoms with Gasteiger partial charge in [0.25, 0.3) is 0 Å². The van der Waals surface area contributed by atoms with Crippen LogP contribution < -0.4 is 10.5 Å². The normalized spacial score (nSPS) is 11.0. The number of anilines is 1. The van der Waals surface area contributed by atoms with Crippen LogP contribution in [0, 0.1) is 0 Å². The van der Waals surface area contributed by atoms with Crippen LogP contribution >= 0.6 is 0 Å². The van der Waals surface area contributed by atoms with Crippen LogP contribution in [0.4, 0.5) is 5.82 Å². The van der Waals surface area contributed by atoms with Gasteiger partial charge in [0.15, 0.2) is 0 Å². The standard InChI is InChI=1S/C13H14N4O/c1-17-6-5-9-8(10-7-12(14)16-15-10)3-4-11(18-2)13(9)17/h3-7H,1-2H3,(H3,14,15,16). The summed E-state index contributed by atoms with van der Waals surface area (Å²) in [6.07, 6.45) is 2.01. The lowest BCUT2D eigenvalue weighted by Crippen LogP contribution is -1.91. The SMILES string of the molecule is COc1ccc(-c2cc(N)n[nH]2)c2ccn(C)c12. The van der Waals surface area contributed by atoms with E-state index in [0.29, 0.717) is 5.82 Å². The number of nitrogens with zero attached hydrogens (tertiary/aromatic N) is 2. The predicted molar refractivity (Wildman–Crippen MR) is 71.5 cm³/mol. The zero-order chi connectivity index (χ0) is 12.7. The maximum Gasteiger partial charge on any atom is 0.145 e. The number of aryl methyl sites for hydroxylation is 1. The molecule has 3 N–H and O–H groups in total. The number of nitrogens with two attached hydrogens (primary N) is 1. The second kappa shape index (κ2) is 3.80. The number of rotatable bonds is 2. The summed E-state index contributed by atoms with van der Waals surface area (Å²) in [6, 6.07) is 7.85. The Morgan fingerprint density at radius 1 is 1.33 bits per heavy atom. The summed E-state index contributed by atoms with van der Waals surface area (Å²) in [7, 11) is 3.67. The topological polar surface area (TPSA) is 68.9 Å². The van der Waals surface area contributed by atoms with E-state index in [2.05, 4.69) is 16.3 Å². The van der Waals surface area contributed by atoms with Crippen molar-refractivity contribution in [2.75, 3.05) is 12.8 Å². The predicted octanol–water partition coefficient (Wildman–Crippen LogP) is 2.16. The summed E-state index contributed by atoms with van der Waals surface area (Å²) in [5.41, 5.74) is 8.68. The van der Waals surface area contributed by atoms with E-state index >= 15 is 0 Å². The van der Waals surface area contributed by atoms with Gasteiger partial charge in [-0.15, -0.1) is 0 Å². The molecule has 5 nitrogen and oxygen atoms in total. The molecule has 0 saturated heterocycles. The Balaban J connectivity index is 2.32. The number of hydrogen-bond donors (Lipinski definition) is 2. The fourth-order valence-electron chi connectivity index (χ4n) is 2.26. The van der Waals surface area contributed by atoms with Gasteiger partial charge in [-0.25, -0.2) is 0 Å². The molecule has 0 aliphatic rings. The molecule has 0 bridgehead atoms. The number of fused-ring (bicyclic) bond motifs is 1. The van der Waals surface area contributed by atoms with Crippen molar-refractivity contribution in [3.05, 3.63) is 30.5 Å². The number of methoxy groups -OCH3 is 1. The van der Waals surface area contributed by atoms with Crippen LogP contribution in [0.5, 0.6) is 5.75 Å². The van der Waals surface area contributed by atoms with E-state index in [1.54, 1.807) is 7.11 Å². The second-order valence-electron chi connectivity index (χ2n) is 4.21. The smallest absolute Gasteiger partial charge is 0.145 e. The van der Waals surface area contributed by atoms with Crippen molar-refractivity contribution in [2.24, 2.45) is 7.05 Å². The highest BCUT2D eigenvalue weighted by Gasteiger charge is 2.12. The number of hydrogen-bond acceptors (Lipinski definition) is 3. The first kappa shape index (κ1) is 10.7. The zero-order valence-electron chi connectivity index (χ0n) is 10.3. The fraction of sp³-hybridized carbons (Fsp3) is 0.154. The molecule has 2 heterocycles. The van der Waals surface area contributed by atoms with Gasteiger partial charge in [0.05, 0.1) is 18.3 Å². The van der Waals surface area contributed by atoms with Gasteiger partial charge in [-0.3, -0.25) is 5.10 Å². The van der Waals surface area contributed by atoms with Gasteiger partial charge < -0.3 is 15.0 Å². The average molecular weight is 242 g/mol. The molecule has 1 aromatic carbocycles. The molecule has 0 aliphatic heterocycles. The van der Waals surface area contributed by atoms with Crippen LogP contribution in [0.3, 0.4) is 0 Å². The molecule has 3 rings (SSSR count). The van der Waals surface area contributed by atoms with Crippen LogP contribution in [0.15, 0.2) is 30.5 Å². The molecule has 0 aliphatic carbocycles. The summed E-state index contributed by atoms with van der Waals surface area (Å²) in [5, 5.41) is 8.01. The number of benzene rings is 1. The fourth-order valence-corrected chi connectivity index (χ4v) is 2.26. The Morgan fingerprint density at radius 2 is 2.17 bits per heavy atom. The summed E-state index contributed by atoms with van der Waals surface area (Å²) < 4.78 is 7.43. The summed E-state index contributed by atoms with van der Waals surface area (Å²) >= 11 is 0. The third-order valence-electron chi connectivity index (χ3n) is 3.11. The van der Waals surface area contributed by atoms with Gasteiger partial charge in [0, 0.05) is 30.3 Å². The van der Waals surface area contributed by atoms with E-state index in [1.807, 2.05) is 36.0 Å². The van der Waals surface area contributed by atoms with Crippen molar-refractivity contribution in [3.8, 4) is 17.0 Å². The third kappa shape index (κ3) is 1.44. The highest BCUT2D eigenvalue weighted by molar-refractivity contribution is 5.98. The molecule has 0 radical (unpaired) electrons. The van der Waals surface area contributed by atoms with Gasteiger partial charge in [0.2, 0.25) is 0 Å². The van der Waals surface area contributed by atoms with E-state index < -0.39 is 0 Å². The van der Waals surface area contributed by atoms with Crippen LogP contribution in [0.2, 0.25) is 0 Å². The molecule has 0 unspecified atom stereocenters. The quantitative estimate of drug-likeness (QED) is 0.723. The molecule has 0 fully saturated rings. The Hall–Kier alpha value is -2.43. The minimum atomic E-state index is 0.491. The third-order valence-corrected chi connectivity index (χ3v) is 3.11. The maximum atomic E-state index is 5.65. The van der Waals surface area contributed by atoms with E-state index in [4.69, 9.17) is 10.5 Å². The Labute approximate surface area is 104 Å². The van der Waals surface area contributed by atoms with E-state index in [1.165, 1.54) is 0 Å². The number of nitrogens with one attached hydrogen (secondary N) is 1. The number of aromatic amines is 1. The van der Waals surface area contributed by atoms with Crippen LogP contribution in [-0.2, 0) is 7.05 Å². The van der Waals surface area contributed by atoms with Crippen LogP contribution in [0.1, 0.15) is 0 Å². The summed E-state index contributed by atoms with van der Waals surface area (Å²) in [6.45, 7) is 0. The highest BCUT2D eigenvalue weighted by atomic mass is 16.5.